The first kappa shape index (κ1) is 23.3. The van der Waals surface area contributed by atoms with Gasteiger partial charge in [0.1, 0.15) is 18.4 Å². The maximum Gasteiger partial charge on any atom is 0.323 e. The fraction of sp³-hybridized carbons (Fsp3) is 0.304. The summed E-state index contributed by atoms with van der Waals surface area (Å²) >= 11 is 0. The predicted octanol–water partition coefficient (Wildman–Crippen LogP) is 2.49. The molecular formula is C23H24N2O6S. The van der Waals surface area contributed by atoms with Gasteiger partial charge in [0.2, 0.25) is 15.9 Å². The van der Waals surface area contributed by atoms with Gasteiger partial charge in [-0.05, 0) is 42.8 Å². The van der Waals surface area contributed by atoms with E-state index in [1.165, 1.54) is 29.2 Å². The van der Waals surface area contributed by atoms with Crippen molar-refractivity contribution in [2.45, 2.75) is 37.8 Å². The number of hydrogen-bond donors (Lipinski definition) is 1. The van der Waals surface area contributed by atoms with E-state index in [-0.39, 0.29) is 36.9 Å². The molecule has 9 heteroatoms. The zero-order valence-corrected chi connectivity index (χ0v) is 18.6. The number of aliphatic carboxylic acids is 1. The SMILES string of the molecule is CC#CCOc1ccc(S(=O)(=O)N2Cc3ccccc3N(C(=O)CC)CC2C(=O)O)cc1. The van der Waals surface area contributed by atoms with Crippen LogP contribution in [0.4, 0.5) is 5.69 Å². The lowest BCUT2D eigenvalue weighted by Crippen LogP contribution is -2.50. The molecule has 1 aliphatic rings. The molecule has 32 heavy (non-hydrogen) atoms. The molecule has 2 aromatic rings. The second-order valence-corrected chi connectivity index (χ2v) is 8.97. The lowest BCUT2D eigenvalue weighted by Gasteiger charge is -2.28. The van der Waals surface area contributed by atoms with E-state index in [1.807, 2.05) is 0 Å². The van der Waals surface area contributed by atoms with Crippen molar-refractivity contribution in [2.24, 2.45) is 0 Å². The summed E-state index contributed by atoms with van der Waals surface area (Å²) in [5.74, 6) is 4.29. The molecule has 0 radical (unpaired) electrons. The lowest BCUT2D eigenvalue weighted by atomic mass is 10.1. The van der Waals surface area contributed by atoms with Crippen molar-refractivity contribution in [3.05, 3.63) is 54.1 Å². The predicted molar refractivity (Wildman–Crippen MR) is 119 cm³/mol. The monoisotopic (exact) mass is 456 g/mol. The van der Waals surface area contributed by atoms with Crippen molar-refractivity contribution >= 4 is 27.6 Å². The largest absolute Gasteiger partial charge is 0.481 e. The Hall–Kier alpha value is -3.35. The van der Waals surface area contributed by atoms with Crippen LogP contribution in [0.15, 0.2) is 53.4 Å². The van der Waals surface area contributed by atoms with Gasteiger partial charge >= 0.3 is 5.97 Å². The first-order chi connectivity index (χ1) is 15.3. The molecule has 0 fully saturated rings. The van der Waals surface area contributed by atoms with Crippen LogP contribution in [-0.2, 0) is 26.2 Å². The number of benzene rings is 2. The van der Waals surface area contributed by atoms with Gasteiger partial charge in [-0.1, -0.05) is 31.0 Å². The Kier molecular flexibility index (Phi) is 7.18. The zero-order chi connectivity index (χ0) is 23.3. The Morgan fingerprint density at radius 1 is 1.16 bits per heavy atom. The lowest BCUT2D eigenvalue weighted by molar-refractivity contribution is -0.141. The van der Waals surface area contributed by atoms with E-state index in [9.17, 15) is 23.1 Å². The topological polar surface area (TPSA) is 104 Å². The zero-order valence-electron chi connectivity index (χ0n) is 17.8. The fourth-order valence-corrected chi connectivity index (χ4v) is 5.02. The number of hydrogen-bond acceptors (Lipinski definition) is 5. The van der Waals surface area contributed by atoms with Crippen LogP contribution < -0.4 is 9.64 Å². The van der Waals surface area contributed by atoms with E-state index in [2.05, 4.69) is 11.8 Å². The van der Waals surface area contributed by atoms with Crippen LogP contribution in [-0.4, -0.2) is 48.9 Å². The molecule has 1 aliphatic heterocycles. The third-order valence-corrected chi connectivity index (χ3v) is 6.99. The maximum atomic E-state index is 13.5. The summed E-state index contributed by atoms with van der Waals surface area (Å²) in [7, 11) is -4.19. The highest BCUT2D eigenvalue weighted by Crippen LogP contribution is 2.32. The van der Waals surface area contributed by atoms with Crippen LogP contribution >= 0.6 is 0 Å². The molecule has 1 atom stereocenters. The molecule has 1 N–H and O–H groups in total. The summed E-state index contributed by atoms with van der Waals surface area (Å²) in [6.45, 7) is 3.08. The summed E-state index contributed by atoms with van der Waals surface area (Å²) < 4.78 is 33.3. The smallest absolute Gasteiger partial charge is 0.323 e. The minimum Gasteiger partial charge on any atom is -0.481 e. The number of nitrogens with zero attached hydrogens (tertiary/aromatic N) is 2. The molecule has 0 aromatic heterocycles. The van der Waals surface area contributed by atoms with E-state index in [1.54, 1.807) is 38.1 Å². The van der Waals surface area contributed by atoms with E-state index in [0.29, 0.717) is 17.0 Å². The van der Waals surface area contributed by atoms with Gasteiger partial charge in [-0.2, -0.15) is 4.31 Å². The van der Waals surface area contributed by atoms with Crippen LogP contribution in [0.5, 0.6) is 5.75 Å². The van der Waals surface area contributed by atoms with Crippen molar-refractivity contribution in [1.82, 2.24) is 4.31 Å². The standard InChI is InChI=1S/C23H24N2O6S/c1-3-5-14-31-18-10-12-19(13-11-18)32(29,30)25-15-17-8-6-7-9-20(17)24(22(26)4-2)16-21(25)23(27)28/h6-13,21H,4,14-16H2,1-2H3,(H,27,28). The van der Waals surface area contributed by atoms with Crippen LogP contribution in [0.2, 0.25) is 0 Å². The highest BCUT2D eigenvalue weighted by atomic mass is 32.2. The molecule has 8 nitrogen and oxygen atoms in total. The Bertz CT molecular complexity index is 1160. The van der Waals surface area contributed by atoms with Crippen LogP contribution in [0.1, 0.15) is 25.8 Å². The first-order valence-corrected chi connectivity index (χ1v) is 11.5. The second kappa shape index (κ2) is 9.85. The molecule has 1 amide bonds. The van der Waals surface area contributed by atoms with Gasteiger partial charge in [-0.3, -0.25) is 9.59 Å². The molecule has 1 heterocycles. The van der Waals surface area contributed by atoms with Crippen molar-refractivity contribution < 1.29 is 27.9 Å². The van der Waals surface area contributed by atoms with Crippen molar-refractivity contribution in [1.29, 1.82) is 0 Å². The highest BCUT2D eigenvalue weighted by molar-refractivity contribution is 7.89. The minimum atomic E-state index is -4.19. The number of ether oxygens (including phenoxy) is 1. The molecule has 0 saturated heterocycles. The van der Waals surface area contributed by atoms with Gasteiger partial charge in [-0.15, -0.1) is 5.92 Å². The number of carboxylic acids is 1. The van der Waals surface area contributed by atoms with Gasteiger partial charge in [0.05, 0.1) is 11.4 Å². The average molecular weight is 457 g/mol. The fourth-order valence-electron chi connectivity index (χ4n) is 3.46. The summed E-state index contributed by atoms with van der Waals surface area (Å²) in [6.07, 6.45) is 0.164. The van der Waals surface area contributed by atoms with Gasteiger partial charge in [-0.25, -0.2) is 8.42 Å². The van der Waals surface area contributed by atoms with Crippen molar-refractivity contribution in [2.75, 3.05) is 18.1 Å². The summed E-state index contributed by atoms with van der Waals surface area (Å²) in [4.78, 5) is 26.0. The van der Waals surface area contributed by atoms with Gasteiger partial charge in [0.15, 0.2) is 0 Å². The number of anilines is 1. The Balaban J connectivity index is 2.01. The number of amides is 1. The van der Waals surface area contributed by atoms with Crippen molar-refractivity contribution in [3.8, 4) is 17.6 Å². The number of sulfonamides is 1. The maximum absolute atomic E-state index is 13.5. The number of para-hydroxylation sites is 1. The first-order valence-electron chi connectivity index (χ1n) is 10.0. The minimum absolute atomic E-state index is 0.0644. The molecule has 0 spiro atoms. The average Bonchev–Trinajstić information content (AvgIpc) is 2.97. The number of carboxylic acid groups (broad SMARTS) is 1. The molecule has 0 bridgehead atoms. The van der Waals surface area contributed by atoms with Gasteiger partial charge in [0.25, 0.3) is 0 Å². The van der Waals surface area contributed by atoms with Crippen LogP contribution in [0, 0.1) is 11.8 Å². The second-order valence-electron chi connectivity index (χ2n) is 7.08. The third-order valence-electron chi connectivity index (χ3n) is 5.12. The molecule has 2 aromatic carbocycles. The summed E-state index contributed by atoms with van der Waals surface area (Å²) in [5.41, 5.74) is 1.07. The summed E-state index contributed by atoms with van der Waals surface area (Å²) in [5, 5.41) is 9.88. The number of rotatable bonds is 6. The molecule has 168 valence electrons. The van der Waals surface area contributed by atoms with E-state index in [4.69, 9.17) is 4.74 Å². The Morgan fingerprint density at radius 3 is 2.47 bits per heavy atom. The highest BCUT2D eigenvalue weighted by Gasteiger charge is 2.41. The number of carbonyl (C=O) groups excluding carboxylic acids is 1. The van der Waals surface area contributed by atoms with E-state index in [0.717, 1.165) is 4.31 Å². The van der Waals surface area contributed by atoms with Gasteiger partial charge in [0, 0.05) is 18.7 Å². The molecule has 1 unspecified atom stereocenters. The molecule has 0 aliphatic carbocycles. The number of fused-ring (bicyclic) bond motifs is 1. The Morgan fingerprint density at radius 2 is 1.84 bits per heavy atom. The molecule has 0 saturated carbocycles. The van der Waals surface area contributed by atoms with E-state index >= 15 is 0 Å². The molecular weight excluding hydrogens is 432 g/mol. The Labute approximate surface area is 187 Å². The summed E-state index contributed by atoms with van der Waals surface area (Å²) in [6, 6.07) is 11.1. The van der Waals surface area contributed by atoms with Gasteiger partial charge < -0.3 is 14.7 Å². The quantitative estimate of drug-likeness (QED) is 0.670. The molecule has 3 rings (SSSR count). The van der Waals surface area contributed by atoms with Crippen LogP contribution in [0.3, 0.4) is 0 Å². The normalized spacial score (nSPS) is 16.3. The number of carbonyl (C=O) groups is 2. The van der Waals surface area contributed by atoms with Crippen LogP contribution in [0.25, 0.3) is 0 Å². The third kappa shape index (κ3) is 4.77. The van der Waals surface area contributed by atoms with E-state index < -0.39 is 22.0 Å². The van der Waals surface area contributed by atoms with Crippen molar-refractivity contribution in [3.63, 3.8) is 0 Å².